The van der Waals surface area contributed by atoms with Crippen LogP contribution in [-0.4, -0.2) is 24.3 Å². The lowest BCUT2D eigenvalue weighted by Crippen LogP contribution is -2.40. The molecule has 1 aromatic heterocycles. The van der Waals surface area contributed by atoms with Gasteiger partial charge < -0.3 is 14.2 Å². The Balaban J connectivity index is 1.47. The van der Waals surface area contributed by atoms with E-state index in [4.69, 9.17) is 42.4 Å². The molecule has 5 aromatic rings. The summed E-state index contributed by atoms with van der Waals surface area (Å²) in [4.78, 5) is 33.2. The molecule has 4 aromatic carbocycles. The Hall–Kier alpha value is -4.63. The molecule has 6 rings (SSSR count). The Morgan fingerprint density at radius 3 is 2.50 bits per heavy atom. The smallest absolute Gasteiger partial charge is 0.338 e. The molecule has 1 aliphatic rings. The highest BCUT2D eigenvalue weighted by molar-refractivity contribution is 7.07. The van der Waals surface area contributed by atoms with Gasteiger partial charge in [0.2, 0.25) is 0 Å². The van der Waals surface area contributed by atoms with Crippen LogP contribution in [0.15, 0.2) is 112 Å². The third kappa shape index (κ3) is 6.51. The minimum Gasteiger partial charge on any atom is -0.497 e. The number of nitrogens with zero attached hydrogens (tertiary/aromatic N) is 2. The van der Waals surface area contributed by atoms with E-state index in [-0.39, 0.29) is 24.3 Å². The van der Waals surface area contributed by atoms with Crippen molar-refractivity contribution in [1.82, 2.24) is 4.57 Å². The number of fused-ring (bicyclic) bond motifs is 1. The van der Waals surface area contributed by atoms with Crippen LogP contribution in [0, 0.1) is 0 Å². The number of carbonyl (C=O) groups excluding carboxylic acids is 1. The van der Waals surface area contributed by atoms with Gasteiger partial charge in [-0.1, -0.05) is 95.2 Å². The average molecular weight is 672 g/mol. The molecule has 0 fully saturated rings. The van der Waals surface area contributed by atoms with E-state index in [0.717, 1.165) is 16.7 Å². The van der Waals surface area contributed by atoms with Crippen molar-refractivity contribution >= 4 is 52.3 Å². The quantitative estimate of drug-likeness (QED) is 0.161. The van der Waals surface area contributed by atoms with Crippen LogP contribution in [-0.2, 0) is 16.1 Å². The zero-order valence-electron chi connectivity index (χ0n) is 24.9. The molecule has 10 heteroatoms. The summed E-state index contributed by atoms with van der Waals surface area (Å²) < 4.78 is 19.1. The maximum Gasteiger partial charge on any atom is 0.338 e. The summed E-state index contributed by atoms with van der Waals surface area (Å²) in [6.45, 7) is 2.17. The Labute approximate surface area is 279 Å². The average Bonchev–Trinajstić information content (AvgIpc) is 3.38. The fourth-order valence-electron chi connectivity index (χ4n) is 5.21. The summed E-state index contributed by atoms with van der Waals surface area (Å²) in [5.41, 5.74) is 3.43. The van der Waals surface area contributed by atoms with Crippen molar-refractivity contribution in [3.05, 3.63) is 155 Å². The minimum atomic E-state index is -0.804. The number of halogens is 2. The lowest BCUT2D eigenvalue weighted by molar-refractivity contribution is -0.138. The number of thiazole rings is 1. The first-order chi connectivity index (χ1) is 22.4. The summed E-state index contributed by atoms with van der Waals surface area (Å²) in [6, 6.07) is 28.6. The van der Waals surface area contributed by atoms with Gasteiger partial charge in [0.25, 0.3) is 5.56 Å². The van der Waals surface area contributed by atoms with Gasteiger partial charge in [0.05, 0.1) is 35.6 Å². The first kappa shape index (κ1) is 31.4. The van der Waals surface area contributed by atoms with E-state index in [9.17, 15) is 9.59 Å². The molecule has 1 atom stereocenters. The topological polar surface area (TPSA) is 79.1 Å². The summed E-state index contributed by atoms with van der Waals surface area (Å²) in [5, 5.41) is 1.07. The molecule has 0 saturated heterocycles. The zero-order chi connectivity index (χ0) is 32.2. The monoisotopic (exact) mass is 670 g/mol. The fraction of sp³-hybridized carbons (Fsp3) is 0.139. The molecule has 7 nitrogen and oxygen atoms in total. The lowest BCUT2D eigenvalue weighted by Gasteiger charge is -2.26. The number of rotatable bonds is 9. The van der Waals surface area contributed by atoms with Gasteiger partial charge in [0, 0.05) is 21.2 Å². The van der Waals surface area contributed by atoms with E-state index in [0.29, 0.717) is 42.1 Å². The fourth-order valence-corrected chi connectivity index (χ4v) is 6.68. The van der Waals surface area contributed by atoms with E-state index in [1.807, 2.05) is 84.9 Å². The molecule has 0 N–H and O–H groups in total. The van der Waals surface area contributed by atoms with E-state index in [1.165, 1.54) is 11.3 Å². The maximum atomic E-state index is 14.2. The summed E-state index contributed by atoms with van der Waals surface area (Å²) >= 11 is 13.6. The lowest BCUT2D eigenvalue weighted by atomic mass is 9.93. The van der Waals surface area contributed by atoms with Crippen LogP contribution >= 0.6 is 34.5 Å². The number of ether oxygens (including phenoxy) is 3. The van der Waals surface area contributed by atoms with Crippen LogP contribution in [0.4, 0.5) is 0 Å². The Bertz CT molecular complexity index is 2140. The molecule has 2 heterocycles. The van der Waals surface area contributed by atoms with Crippen LogP contribution in [0.5, 0.6) is 11.5 Å². The number of hydrogen-bond acceptors (Lipinski definition) is 7. The van der Waals surface area contributed by atoms with Crippen molar-refractivity contribution in [2.75, 3.05) is 13.7 Å². The number of methoxy groups -OCH3 is 1. The van der Waals surface area contributed by atoms with Crippen molar-refractivity contribution in [2.45, 2.75) is 19.6 Å². The van der Waals surface area contributed by atoms with E-state index < -0.39 is 12.0 Å². The Morgan fingerprint density at radius 1 is 0.957 bits per heavy atom. The van der Waals surface area contributed by atoms with Crippen molar-refractivity contribution in [1.29, 1.82) is 0 Å². The highest BCUT2D eigenvalue weighted by atomic mass is 35.5. The molecular weight excluding hydrogens is 643 g/mol. The molecule has 0 bridgehead atoms. The van der Waals surface area contributed by atoms with Crippen LogP contribution in [0.1, 0.15) is 35.2 Å². The van der Waals surface area contributed by atoms with E-state index in [2.05, 4.69) is 0 Å². The molecule has 0 amide bonds. The first-order valence-electron chi connectivity index (χ1n) is 14.5. The van der Waals surface area contributed by atoms with Gasteiger partial charge in [-0.25, -0.2) is 9.79 Å². The predicted molar refractivity (Wildman–Crippen MR) is 181 cm³/mol. The molecule has 232 valence electrons. The summed E-state index contributed by atoms with van der Waals surface area (Å²) in [5.74, 6) is 0.661. The molecule has 0 spiro atoms. The number of hydrogen-bond donors (Lipinski definition) is 0. The SMILES string of the molecule is CCOC(=O)C1=C(c2ccccc2)N=c2s/c(=C\c3cccc(OCc4ccc(Cl)cc4Cl)c3)c(=O)n2[C@@H]1c1cccc(OC)c1. The van der Waals surface area contributed by atoms with Crippen molar-refractivity contribution < 1.29 is 19.0 Å². The second-order valence-corrected chi connectivity index (χ2v) is 12.2. The van der Waals surface area contributed by atoms with E-state index in [1.54, 1.807) is 36.8 Å². The highest BCUT2D eigenvalue weighted by Gasteiger charge is 2.35. The van der Waals surface area contributed by atoms with Gasteiger partial charge in [-0.15, -0.1) is 0 Å². The van der Waals surface area contributed by atoms with E-state index >= 15 is 0 Å². The van der Waals surface area contributed by atoms with Gasteiger partial charge in [0.15, 0.2) is 4.80 Å². The van der Waals surface area contributed by atoms with Crippen molar-refractivity contribution in [3.8, 4) is 11.5 Å². The van der Waals surface area contributed by atoms with Crippen molar-refractivity contribution in [3.63, 3.8) is 0 Å². The van der Waals surface area contributed by atoms with Crippen LogP contribution in [0.25, 0.3) is 11.8 Å². The second kappa shape index (κ2) is 13.8. The van der Waals surface area contributed by atoms with Crippen LogP contribution < -0.4 is 24.4 Å². The number of carbonyl (C=O) groups is 1. The van der Waals surface area contributed by atoms with Gasteiger partial charge in [-0.05, 0) is 60.5 Å². The highest BCUT2D eigenvalue weighted by Crippen LogP contribution is 2.36. The molecule has 0 saturated carbocycles. The van der Waals surface area contributed by atoms with Gasteiger partial charge in [0.1, 0.15) is 18.1 Å². The maximum absolute atomic E-state index is 14.2. The molecule has 0 aliphatic carbocycles. The Kier molecular flexibility index (Phi) is 9.40. The first-order valence-corrected chi connectivity index (χ1v) is 16.0. The van der Waals surface area contributed by atoms with Crippen LogP contribution in [0.2, 0.25) is 10.0 Å². The normalized spacial score (nSPS) is 14.4. The number of esters is 1. The predicted octanol–water partition coefficient (Wildman–Crippen LogP) is 6.83. The van der Waals surface area contributed by atoms with Crippen LogP contribution in [0.3, 0.4) is 0 Å². The molecule has 1 aliphatic heterocycles. The van der Waals surface area contributed by atoms with Crippen molar-refractivity contribution in [2.24, 2.45) is 4.99 Å². The third-order valence-electron chi connectivity index (χ3n) is 7.35. The zero-order valence-corrected chi connectivity index (χ0v) is 27.2. The summed E-state index contributed by atoms with van der Waals surface area (Å²) in [6.07, 6.45) is 1.80. The minimum absolute atomic E-state index is 0.169. The largest absolute Gasteiger partial charge is 0.497 e. The number of aromatic nitrogens is 1. The third-order valence-corrected chi connectivity index (χ3v) is 8.92. The molecule has 46 heavy (non-hydrogen) atoms. The number of benzene rings is 4. The molecular formula is C36H28Cl2N2O5S. The molecule has 0 radical (unpaired) electrons. The second-order valence-electron chi connectivity index (χ2n) is 10.3. The molecule has 0 unspecified atom stereocenters. The summed E-state index contributed by atoms with van der Waals surface area (Å²) in [7, 11) is 1.57. The standard InChI is InChI=1S/C36H28Cl2N2O5S/c1-3-44-35(42)31-32(23-10-5-4-6-11-23)39-36-40(33(31)24-12-8-13-27(19-24)43-2)34(41)30(46-36)18-22-9-7-14-28(17-22)45-21-25-15-16-26(37)20-29(25)38/h4-20,33H,3,21H2,1-2H3/b30-18-/t33-/m1/s1. The van der Waals surface area contributed by atoms with Gasteiger partial charge >= 0.3 is 5.97 Å². The Morgan fingerprint density at radius 2 is 1.74 bits per heavy atom. The van der Waals surface area contributed by atoms with Gasteiger partial charge in [-0.2, -0.15) is 0 Å². The van der Waals surface area contributed by atoms with Gasteiger partial charge in [-0.3, -0.25) is 9.36 Å².